The number of nitrogens with one attached hydrogen (secondary N) is 1. The summed E-state index contributed by atoms with van der Waals surface area (Å²) in [6.07, 6.45) is 1.32. The summed E-state index contributed by atoms with van der Waals surface area (Å²) in [5, 5.41) is 0. The molecule has 0 fully saturated rings. The summed E-state index contributed by atoms with van der Waals surface area (Å²) in [4.78, 5) is 39.3. The summed E-state index contributed by atoms with van der Waals surface area (Å²) in [6, 6.07) is 12.2. The first-order valence-electron chi connectivity index (χ1n) is 9.69. The topological polar surface area (TPSA) is 85.5 Å². The molecular formula is C24H22FNO5. The molecule has 3 aromatic rings. The molecule has 3 rings (SSSR count). The minimum atomic E-state index is -0.742. The minimum Gasteiger partial charge on any atom is -0.464 e. The Morgan fingerprint density at radius 1 is 1.00 bits per heavy atom. The minimum absolute atomic E-state index is 0.0942. The number of aromatic nitrogens is 1. The lowest BCUT2D eigenvalue weighted by Crippen LogP contribution is -2.11. The molecule has 1 aromatic heterocycles. The number of ether oxygens (including phenoxy) is 2. The number of H-pyrrole nitrogens is 1. The van der Waals surface area contributed by atoms with Gasteiger partial charge in [-0.2, -0.15) is 0 Å². The van der Waals surface area contributed by atoms with E-state index in [4.69, 9.17) is 4.74 Å². The van der Waals surface area contributed by atoms with Gasteiger partial charge in [-0.3, -0.25) is 4.79 Å². The van der Waals surface area contributed by atoms with Crippen molar-refractivity contribution in [3.63, 3.8) is 0 Å². The third-order valence-electron chi connectivity index (χ3n) is 4.57. The first-order valence-corrected chi connectivity index (χ1v) is 9.69. The fraction of sp³-hybridized carbons (Fsp3) is 0.208. The Bertz CT molecular complexity index is 1130. The molecule has 0 aliphatic carbocycles. The number of aromatic amines is 1. The van der Waals surface area contributed by atoms with Crippen LogP contribution >= 0.6 is 0 Å². The van der Waals surface area contributed by atoms with Gasteiger partial charge >= 0.3 is 11.9 Å². The van der Waals surface area contributed by atoms with E-state index < -0.39 is 23.5 Å². The van der Waals surface area contributed by atoms with E-state index in [9.17, 15) is 18.8 Å². The zero-order valence-electron chi connectivity index (χ0n) is 17.4. The highest BCUT2D eigenvalue weighted by Crippen LogP contribution is 2.27. The van der Waals surface area contributed by atoms with E-state index >= 15 is 0 Å². The molecule has 1 N–H and O–H groups in total. The molecule has 7 heteroatoms. The van der Waals surface area contributed by atoms with Crippen LogP contribution in [0.1, 0.15) is 50.6 Å². The maximum Gasteiger partial charge on any atom is 0.354 e. The number of hydrogen-bond acceptors (Lipinski definition) is 5. The molecule has 160 valence electrons. The molecule has 0 atom stereocenters. The second-order valence-electron chi connectivity index (χ2n) is 7.36. The molecule has 0 aliphatic rings. The average molecular weight is 423 g/mol. The molecule has 0 aliphatic heterocycles. The van der Waals surface area contributed by atoms with E-state index in [2.05, 4.69) is 9.72 Å². The van der Waals surface area contributed by atoms with Gasteiger partial charge < -0.3 is 14.5 Å². The van der Waals surface area contributed by atoms with Gasteiger partial charge in [0.1, 0.15) is 11.5 Å². The van der Waals surface area contributed by atoms with Crippen molar-refractivity contribution in [2.75, 3.05) is 13.7 Å². The summed E-state index contributed by atoms with van der Waals surface area (Å²) >= 11 is 0. The number of methoxy groups -OCH3 is 1. The van der Waals surface area contributed by atoms with Crippen LogP contribution in [-0.2, 0) is 9.47 Å². The predicted octanol–water partition coefficient (Wildman–Crippen LogP) is 4.65. The van der Waals surface area contributed by atoms with Gasteiger partial charge in [-0.05, 0) is 41.3 Å². The fourth-order valence-corrected chi connectivity index (χ4v) is 3.01. The average Bonchev–Trinajstić information content (AvgIpc) is 3.26. The van der Waals surface area contributed by atoms with Gasteiger partial charge in [0.25, 0.3) is 0 Å². The van der Waals surface area contributed by atoms with Gasteiger partial charge in [0.15, 0.2) is 5.78 Å². The molecular weight excluding hydrogens is 401 g/mol. The standard InChI is InChI=1S/C24H22FNO5/c1-14(2)13-31-23(28)18-7-5-4-6-17(18)15-8-9-19(20(25)10-15)22(27)16-11-21(26-12-16)24(29)30-3/h4-12,14,26H,13H2,1-3H3. The van der Waals surface area contributed by atoms with Crippen LogP contribution < -0.4 is 0 Å². The maximum atomic E-state index is 14.9. The lowest BCUT2D eigenvalue weighted by Gasteiger charge is -2.12. The van der Waals surface area contributed by atoms with Gasteiger partial charge in [0.2, 0.25) is 0 Å². The Morgan fingerprint density at radius 3 is 2.42 bits per heavy atom. The molecule has 0 spiro atoms. The SMILES string of the molecule is COC(=O)c1cc(C(=O)c2ccc(-c3ccccc3C(=O)OCC(C)C)cc2F)c[nH]1. The molecule has 0 amide bonds. The first-order chi connectivity index (χ1) is 14.8. The van der Waals surface area contributed by atoms with Crippen LogP contribution in [0.2, 0.25) is 0 Å². The predicted molar refractivity (Wildman–Crippen MR) is 113 cm³/mol. The Hall–Kier alpha value is -3.74. The van der Waals surface area contributed by atoms with Crippen LogP contribution in [0.15, 0.2) is 54.7 Å². The van der Waals surface area contributed by atoms with Crippen molar-refractivity contribution in [1.29, 1.82) is 0 Å². The van der Waals surface area contributed by atoms with Crippen LogP contribution in [-0.4, -0.2) is 36.4 Å². The molecule has 6 nitrogen and oxygen atoms in total. The van der Waals surface area contributed by atoms with Crippen LogP contribution in [0.25, 0.3) is 11.1 Å². The summed E-state index contributed by atoms with van der Waals surface area (Å²) < 4.78 is 24.7. The zero-order valence-corrected chi connectivity index (χ0v) is 17.4. The summed E-state index contributed by atoms with van der Waals surface area (Å²) in [5.41, 5.74) is 1.33. The summed E-state index contributed by atoms with van der Waals surface area (Å²) in [7, 11) is 1.22. The van der Waals surface area contributed by atoms with E-state index in [-0.39, 0.29) is 29.3 Å². The third kappa shape index (κ3) is 4.88. The molecule has 0 bridgehead atoms. The van der Waals surface area contributed by atoms with E-state index in [1.165, 1.54) is 31.5 Å². The molecule has 0 radical (unpaired) electrons. The quantitative estimate of drug-likeness (QED) is 0.442. The number of carbonyl (C=O) groups is 3. The highest BCUT2D eigenvalue weighted by molar-refractivity contribution is 6.10. The van der Waals surface area contributed by atoms with E-state index in [0.717, 1.165) is 0 Å². The Balaban J connectivity index is 1.90. The second kappa shape index (κ2) is 9.38. The number of benzene rings is 2. The normalized spacial score (nSPS) is 10.7. The number of carbonyl (C=O) groups excluding carboxylic acids is 3. The van der Waals surface area contributed by atoms with Crippen molar-refractivity contribution in [3.05, 3.63) is 82.9 Å². The Labute approximate surface area is 179 Å². The van der Waals surface area contributed by atoms with Gasteiger partial charge in [-0.1, -0.05) is 38.1 Å². The van der Waals surface area contributed by atoms with Gasteiger partial charge in [-0.25, -0.2) is 14.0 Å². The van der Waals surface area contributed by atoms with Crippen molar-refractivity contribution in [2.24, 2.45) is 5.92 Å². The number of halogens is 1. The van der Waals surface area contributed by atoms with Crippen molar-refractivity contribution in [1.82, 2.24) is 4.98 Å². The van der Waals surface area contributed by atoms with Crippen LogP contribution in [0, 0.1) is 11.7 Å². The van der Waals surface area contributed by atoms with E-state index in [1.807, 2.05) is 13.8 Å². The molecule has 1 heterocycles. The Kier molecular flexibility index (Phi) is 6.65. The lowest BCUT2D eigenvalue weighted by atomic mass is 9.96. The first kappa shape index (κ1) is 22.0. The van der Waals surface area contributed by atoms with E-state index in [1.54, 1.807) is 30.3 Å². The van der Waals surface area contributed by atoms with Crippen molar-refractivity contribution >= 4 is 17.7 Å². The van der Waals surface area contributed by atoms with E-state index in [0.29, 0.717) is 16.7 Å². The maximum absolute atomic E-state index is 14.9. The van der Waals surface area contributed by atoms with Gasteiger partial charge in [0.05, 0.1) is 24.8 Å². The zero-order chi connectivity index (χ0) is 22.5. The molecule has 2 aromatic carbocycles. The largest absolute Gasteiger partial charge is 0.464 e. The molecule has 0 unspecified atom stereocenters. The molecule has 0 saturated heterocycles. The Morgan fingerprint density at radius 2 is 1.74 bits per heavy atom. The second-order valence-corrected chi connectivity index (χ2v) is 7.36. The van der Waals surface area contributed by atoms with Crippen molar-refractivity contribution in [3.8, 4) is 11.1 Å². The number of esters is 2. The van der Waals surface area contributed by atoms with Crippen molar-refractivity contribution in [2.45, 2.75) is 13.8 Å². The monoisotopic (exact) mass is 423 g/mol. The van der Waals surface area contributed by atoms with Gasteiger partial charge in [-0.15, -0.1) is 0 Å². The van der Waals surface area contributed by atoms with Crippen LogP contribution in [0.5, 0.6) is 0 Å². The molecule has 31 heavy (non-hydrogen) atoms. The summed E-state index contributed by atoms with van der Waals surface area (Å²) in [5.74, 6) is -2.26. The summed E-state index contributed by atoms with van der Waals surface area (Å²) in [6.45, 7) is 4.14. The molecule has 0 saturated carbocycles. The van der Waals surface area contributed by atoms with Crippen molar-refractivity contribution < 1.29 is 28.2 Å². The third-order valence-corrected chi connectivity index (χ3v) is 4.57. The number of ketones is 1. The number of rotatable bonds is 7. The van der Waals surface area contributed by atoms with Crippen LogP contribution in [0.3, 0.4) is 0 Å². The van der Waals surface area contributed by atoms with Gasteiger partial charge in [0, 0.05) is 11.8 Å². The van der Waals surface area contributed by atoms with Crippen LogP contribution in [0.4, 0.5) is 4.39 Å². The smallest absolute Gasteiger partial charge is 0.354 e. The lowest BCUT2D eigenvalue weighted by molar-refractivity contribution is 0.0459. The fourth-order valence-electron chi connectivity index (χ4n) is 3.01. The number of hydrogen-bond donors (Lipinski definition) is 1. The highest BCUT2D eigenvalue weighted by atomic mass is 19.1. The highest BCUT2D eigenvalue weighted by Gasteiger charge is 2.20.